The summed E-state index contributed by atoms with van der Waals surface area (Å²) >= 11 is 0. The largest absolute Gasteiger partial charge is 0.356 e. The van der Waals surface area contributed by atoms with Crippen LogP contribution in [-0.4, -0.2) is 34.3 Å². The highest BCUT2D eigenvalue weighted by molar-refractivity contribution is 6.23. The van der Waals surface area contributed by atoms with Gasteiger partial charge >= 0.3 is 6.03 Å². The molecule has 2 N–H and O–H groups in total. The zero-order valence-corrected chi connectivity index (χ0v) is 21.6. The Morgan fingerprint density at radius 1 is 1.00 bits per heavy atom. The number of aromatic nitrogens is 1. The second-order valence-corrected chi connectivity index (χ2v) is 10.2. The van der Waals surface area contributed by atoms with Gasteiger partial charge < -0.3 is 15.2 Å². The lowest BCUT2D eigenvalue weighted by molar-refractivity contribution is -0.125. The highest BCUT2D eigenvalue weighted by atomic mass is 16.2. The lowest BCUT2D eigenvalue weighted by Crippen LogP contribution is -2.49. The van der Waals surface area contributed by atoms with Crippen molar-refractivity contribution in [2.24, 2.45) is 0 Å². The fourth-order valence-corrected chi connectivity index (χ4v) is 5.72. The molecule has 4 amide bonds. The van der Waals surface area contributed by atoms with Gasteiger partial charge in [-0.1, -0.05) is 43.7 Å². The van der Waals surface area contributed by atoms with Gasteiger partial charge in [-0.25, -0.2) is 9.69 Å². The number of aromatic amines is 1. The molecule has 0 radical (unpaired) electrons. The van der Waals surface area contributed by atoms with Gasteiger partial charge in [0.05, 0.1) is 11.4 Å². The van der Waals surface area contributed by atoms with E-state index in [1.165, 1.54) is 10.5 Å². The molecule has 4 aromatic rings. The molecule has 7 heteroatoms. The second-order valence-electron chi connectivity index (χ2n) is 10.2. The number of nitrogens with one attached hydrogen (secondary N) is 2. The van der Waals surface area contributed by atoms with Crippen LogP contribution in [0.1, 0.15) is 53.9 Å². The van der Waals surface area contributed by atoms with Crippen LogP contribution < -0.4 is 10.2 Å². The number of aryl methyl sites for hydroxylation is 1. The topological polar surface area (TPSA) is 85.5 Å². The zero-order valence-electron chi connectivity index (χ0n) is 21.6. The Morgan fingerprint density at radius 2 is 1.74 bits per heavy atom. The lowest BCUT2D eigenvalue weighted by Gasteiger charge is -2.35. The number of carbonyl (C=O) groups excluding carboxylic acids is 3. The number of hydrogen-bond donors (Lipinski definition) is 2. The summed E-state index contributed by atoms with van der Waals surface area (Å²) < 4.78 is 0. The molecule has 38 heavy (non-hydrogen) atoms. The highest BCUT2D eigenvalue weighted by Crippen LogP contribution is 2.45. The van der Waals surface area contributed by atoms with E-state index >= 15 is 0 Å². The van der Waals surface area contributed by atoms with E-state index in [-0.39, 0.29) is 17.8 Å². The Hall–Kier alpha value is -4.39. The van der Waals surface area contributed by atoms with Crippen molar-refractivity contribution in [2.45, 2.75) is 45.1 Å². The van der Waals surface area contributed by atoms with Gasteiger partial charge in [0.15, 0.2) is 5.54 Å². The fraction of sp³-hybridized carbons (Fsp3) is 0.258. The first-order valence-corrected chi connectivity index (χ1v) is 13.2. The van der Waals surface area contributed by atoms with Crippen LogP contribution in [0.5, 0.6) is 0 Å². The standard InChI is InChI=1S/C31H30N4O3/c1-3-4-7-20-10-14-22(15-11-20)32-28(36)21-12-16-23(17-13-21)35-29(37)31(2)27-25(18-19-34(31)30(35)38)24-8-5-6-9-26(24)33-27/h5-6,8-17,33H,3-4,7,18-19H2,1-2H3,(H,32,36)/t31-/m0/s1. The zero-order chi connectivity index (χ0) is 26.4. The van der Waals surface area contributed by atoms with E-state index in [1.807, 2.05) is 55.5 Å². The van der Waals surface area contributed by atoms with E-state index in [1.54, 1.807) is 29.2 Å². The number of rotatable bonds is 6. The van der Waals surface area contributed by atoms with E-state index in [0.29, 0.717) is 24.2 Å². The van der Waals surface area contributed by atoms with Crippen LogP contribution in [0.2, 0.25) is 0 Å². The van der Waals surface area contributed by atoms with Crippen molar-refractivity contribution in [1.82, 2.24) is 9.88 Å². The summed E-state index contributed by atoms with van der Waals surface area (Å²) in [7, 11) is 0. The van der Waals surface area contributed by atoms with Crippen LogP contribution in [0.15, 0.2) is 72.8 Å². The molecule has 1 fully saturated rings. The van der Waals surface area contributed by atoms with Gasteiger partial charge in [-0.3, -0.25) is 9.59 Å². The summed E-state index contributed by atoms with van der Waals surface area (Å²) in [4.78, 5) is 46.4. The molecular weight excluding hydrogens is 476 g/mol. The Balaban J connectivity index is 1.23. The van der Waals surface area contributed by atoms with Crippen molar-refractivity contribution in [3.05, 3.63) is 95.2 Å². The summed E-state index contributed by atoms with van der Waals surface area (Å²) in [6.07, 6.45) is 3.99. The van der Waals surface area contributed by atoms with Crippen molar-refractivity contribution in [3.63, 3.8) is 0 Å². The predicted molar refractivity (Wildman–Crippen MR) is 148 cm³/mol. The van der Waals surface area contributed by atoms with Crippen LogP contribution >= 0.6 is 0 Å². The van der Waals surface area contributed by atoms with Crippen LogP contribution in [-0.2, 0) is 23.2 Å². The molecule has 2 aliphatic heterocycles. The van der Waals surface area contributed by atoms with Crippen molar-refractivity contribution in [1.29, 1.82) is 0 Å². The molecule has 0 saturated carbocycles. The highest BCUT2D eigenvalue weighted by Gasteiger charge is 2.59. The smallest absolute Gasteiger partial charge is 0.332 e. The number of nitrogens with zero attached hydrogens (tertiary/aromatic N) is 2. The Bertz CT molecular complexity index is 1550. The number of H-pyrrole nitrogens is 1. The van der Waals surface area contributed by atoms with Gasteiger partial charge in [0.1, 0.15) is 0 Å². The minimum absolute atomic E-state index is 0.246. The molecule has 3 aromatic carbocycles. The summed E-state index contributed by atoms with van der Waals surface area (Å²) in [5.41, 5.74) is 4.60. The number of imide groups is 1. The third kappa shape index (κ3) is 3.69. The molecule has 0 spiro atoms. The number of amides is 4. The summed E-state index contributed by atoms with van der Waals surface area (Å²) in [5.74, 6) is -0.542. The minimum atomic E-state index is -1.11. The van der Waals surface area contributed by atoms with Gasteiger partial charge in [-0.05, 0) is 79.8 Å². The third-order valence-corrected chi connectivity index (χ3v) is 7.89. The maximum absolute atomic E-state index is 13.8. The maximum atomic E-state index is 13.8. The van der Waals surface area contributed by atoms with Gasteiger partial charge in [-0.15, -0.1) is 0 Å². The number of para-hydroxylation sites is 1. The molecule has 6 rings (SSSR count). The molecule has 0 bridgehead atoms. The molecule has 0 aliphatic carbocycles. The first kappa shape index (κ1) is 24.0. The first-order valence-electron chi connectivity index (χ1n) is 13.2. The lowest BCUT2D eigenvalue weighted by atomic mass is 9.87. The van der Waals surface area contributed by atoms with Crippen LogP contribution in [0, 0.1) is 0 Å². The van der Waals surface area contributed by atoms with Crippen LogP contribution in [0.4, 0.5) is 16.2 Å². The van der Waals surface area contributed by atoms with Crippen LogP contribution in [0.3, 0.4) is 0 Å². The number of urea groups is 1. The predicted octanol–water partition coefficient (Wildman–Crippen LogP) is 6.00. The molecular formula is C31H30N4O3. The number of hydrogen-bond acceptors (Lipinski definition) is 3. The molecule has 1 saturated heterocycles. The number of benzene rings is 3. The molecule has 2 aliphatic rings. The maximum Gasteiger partial charge on any atom is 0.332 e. The fourth-order valence-electron chi connectivity index (χ4n) is 5.72. The number of carbonyl (C=O) groups is 3. The molecule has 0 unspecified atom stereocenters. The van der Waals surface area contributed by atoms with Crippen molar-refractivity contribution in [2.75, 3.05) is 16.8 Å². The normalized spacial score (nSPS) is 18.6. The average molecular weight is 507 g/mol. The van der Waals surface area contributed by atoms with E-state index in [4.69, 9.17) is 0 Å². The average Bonchev–Trinajstić information content (AvgIpc) is 3.41. The molecule has 3 heterocycles. The monoisotopic (exact) mass is 506 g/mol. The Morgan fingerprint density at radius 3 is 2.47 bits per heavy atom. The van der Waals surface area contributed by atoms with E-state index < -0.39 is 5.54 Å². The summed E-state index contributed by atoms with van der Waals surface area (Å²) in [6.45, 7) is 4.44. The number of unbranched alkanes of at least 4 members (excludes halogenated alkanes) is 1. The van der Waals surface area contributed by atoms with Crippen molar-refractivity contribution in [3.8, 4) is 0 Å². The van der Waals surface area contributed by atoms with E-state index in [9.17, 15) is 14.4 Å². The van der Waals surface area contributed by atoms with Gasteiger partial charge in [0, 0.05) is 28.7 Å². The number of anilines is 2. The molecule has 1 atom stereocenters. The molecule has 1 aromatic heterocycles. The number of fused-ring (bicyclic) bond motifs is 5. The molecule has 192 valence electrons. The minimum Gasteiger partial charge on any atom is -0.356 e. The van der Waals surface area contributed by atoms with E-state index in [0.717, 1.165) is 47.1 Å². The van der Waals surface area contributed by atoms with Crippen molar-refractivity contribution < 1.29 is 14.4 Å². The summed E-state index contributed by atoms with van der Waals surface area (Å²) in [6, 6.07) is 22.1. The van der Waals surface area contributed by atoms with Crippen molar-refractivity contribution >= 4 is 40.1 Å². The van der Waals surface area contributed by atoms with Crippen LogP contribution in [0.25, 0.3) is 10.9 Å². The first-order chi connectivity index (χ1) is 18.4. The Labute approximate surface area is 221 Å². The second kappa shape index (κ2) is 9.17. The van der Waals surface area contributed by atoms with Gasteiger partial charge in [0.2, 0.25) is 0 Å². The quantitative estimate of drug-likeness (QED) is 0.315. The van der Waals surface area contributed by atoms with Gasteiger partial charge in [-0.2, -0.15) is 0 Å². The SMILES string of the molecule is CCCCc1ccc(NC(=O)c2ccc(N3C(=O)N4CCc5c([nH]c6ccccc56)[C@@]4(C)C3=O)cc2)cc1. The summed E-state index contributed by atoms with van der Waals surface area (Å²) in [5, 5.41) is 4.01. The van der Waals surface area contributed by atoms with Gasteiger partial charge in [0.25, 0.3) is 11.8 Å². The molecule has 7 nitrogen and oxygen atoms in total. The van der Waals surface area contributed by atoms with E-state index in [2.05, 4.69) is 17.2 Å². The Kier molecular flexibility index (Phi) is 5.79. The third-order valence-electron chi connectivity index (χ3n) is 7.89.